The molecule has 1 amide bonds. The molecular weight excluding hydrogens is 240 g/mol. The summed E-state index contributed by atoms with van der Waals surface area (Å²) in [5, 5.41) is 3.03. The quantitative estimate of drug-likeness (QED) is 0.873. The lowest BCUT2D eigenvalue weighted by Crippen LogP contribution is -2.34. The molecule has 0 aliphatic heterocycles. The van der Waals surface area contributed by atoms with Gasteiger partial charge in [-0.25, -0.2) is 0 Å². The predicted molar refractivity (Wildman–Crippen MR) is 75.3 cm³/mol. The molecule has 1 saturated carbocycles. The Morgan fingerprint density at radius 1 is 1.32 bits per heavy atom. The highest BCUT2D eigenvalue weighted by Crippen LogP contribution is 2.18. The minimum Gasteiger partial charge on any atom is -0.491 e. The number of hydrogen-bond acceptors (Lipinski definition) is 3. The van der Waals surface area contributed by atoms with Crippen molar-refractivity contribution in [3.05, 3.63) is 29.8 Å². The number of nitrogens with two attached hydrogens (primary N) is 1. The van der Waals surface area contributed by atoms with E-state index in [1.807, 2.05) is 26.0 Å². The molecule has 0 heterocycles. The van der Waals surface area contributed by atoms with Crippen LogP contribution in [0.25, 0.3) is 0 Å². The third kappa shape index (κ3) is 3.96. The van der Waals surface area contributed by atoms with Crippen molar-refractivity contribution in [1.82, 2.24) is 5.32 Å². The Hall–Kier alpha value is -1.55. The van der Waals surface area contributed by atoms with Crippen molar-refractivity contribution >= 4 is 5.91 Å². The molecule has 2 rings (SSSR count). The molecule has 0 radical (unpaired) electrons. The SMILES string of the molecule is CC(C)Oc1ccc(C(=O)NC2CCC(N)C2)cc1. The van der Waals surface area contributed by atoms with E-state index in [4.69, 9.17) is 10.5 Å². The molecule has 0 spiro atoms. The van der Waals surface area contributed by atoms with E-state index in [9.17, 15) is 4.79 Å². The third-order valence-corrected chi connectivity index (χ3v) is 3.30. The van der Waals surface area contributed by atoms with Crippen molar-refractivity contribution < 1.29 is 9.53 Å². The van der Waals surface area contributed by atoms with Gasteiger partial charge < -0.3 is 15.8 Å². The average Bonchev–Trinajstić information content (AvgIpc) is 2.75. The van der Waals surface area contributed by atoms with Gasteiger partial charge in [-0.15, -0.1) is 0 Å². The van der Waals surface area contributed by atoms with Gasteiger partial charge in [-0.3, -0.25) is 4.79 Å². The summed E-state index contributed by atoms with van der Waals surface area (Å²) in [6.45, 7) is 3.95. The summed E-state index contributed by atoms with van der Waals surface area (Å²) >= 11 is 0. The smallest absolute Gasteiger partial charge is 0.251 e. The van der Waals surface area contributed by atoms with Crippen molar-refractivity contribution in [3.63, 3.8) is 0 Å². The fourth-order valence-corrected chi connectivity index (χ4v) is 2.37. The summed E-state index contributed by atoms with van der Waals surface area (Å²) in [4.78, 5) is 12.0. The van der Waals surface area contributed by atoms with Crippen LogP contribution in [0.15, 0.2) is 24.3 Å². The van der Waals surface area contributed by atoms with Crippen molar-refractivity contribution in [2.45, 2.75) is 51.3 Å². The Labute approximate surface area is 114 Å². The number of nitrogens with one attached hydrogen (secondary N) is 1. The molecule has 2 unspecified atom stereocenters. The third-order valence-electron chi connectivity index (χ3n) is 3.30. The number of ether oxygens (including phenoxy) is 1. The molecule has 4 heteroatoms. The highest BCUT2D eigenvalue weighted by atomic mass is 16.5. The van der Waals surface area contributed by atoms with Crippen LogP contribution in [0.1, 0.15) is 43.5 Å². The second kappa shape index (κ2) is 6.06. The zero-order valence-corrected chi connectivity index (χ0v) is 11.6. The summed E-state index contributed by atoms with van der Waals surface area (Å²) in [6, 6.07) is 7.69. The maximum Gasteiger partial charge on any atom is 0.251 e. The lowest BCUT2D eigenvalue weighted by atomic mass is 10.1. The molecule has 3 N–H and O–H groups in total. The second-order valence-electron chi connectivity index (χ2n) is 5.43. The highest BCUT2D eigenvalue weighted by Gasteiger charge is 2.23. The van der Waals surface area contributed by atoms with Gasteiger partial charge in [0, 0.05) is 17.6 Å². The van der Waals surface area contributed by atoms with E-state index in [1.54, 1.807) is 12.1 Å². The lowest BCUT2D eigenvalue weighted by molar-refractivity contribution is 0.0937. The molecule has 4 nitrogen and oxygen atoms in total. The summed E-state index contributed by atoms with van der Waals surface area (Å²) in [5.41, 5.74) is 6.50. The lowest BCUT2D eigenvalue weighted by Gasteiger charge is -2.13. The molecule has 2 atom stereocenters. The van der Waals surface area contributed by atoms with Crippen LogP contribution in [0.4, 0.5) is 0 Å². The van der Waals surface area contributed by atoms with Gasteiger partial charge in [-0.2, -0.15) is 0 Å². The number of amides is 1. The number of hydrogen-bond donors (Lipinski definition) is 2. The Bertz CT molecular complexity index is 428. The monoisotopic (exact) mass is 262 g/mol. The Morgan fingerprint density at radius 3 is 2.53 bits per heavy atom. The van der Waals surface area contributed by atoms with Gasteiger partial charge in [0.15, 0.2) is 0 Å². The first kappa shape index (κ1) is 13.9. The molecule has 1 aromatic rings. The topological polar surface area (TPSA) is 64.3 Å². The summed E-state index contributed by atoms with van der Waals surface area (Å²) in [7, 11) is 0. The maximum absolute atomic E-state index is 12.0. The fourth-order valence-electron chi connectivity index (χ4n) is 2.37. The first-order chi connectivity index (χ1) is 9.04. The Balaban J connectivity index is 1.92. The van der Waals surface area contributed by atoms with Gasteiger partial charge in [0.1, 0.15) is 5.75 Å². The molecule has 0 saturated heterocycles. The average molecular weight is 262 g/mol. The van der Waals surface area contributed by atoms with E-state index in [0.717, 1.165) is 25.0 Å². The van der Waals surface area contributed by atoms with E-state index in [0.29, 0.717) is 5.56 Å². The van der Waals surface area contributed by atoms with Gasteiger partial charge >= 0.3 is 0 Å². The molecule has 19 heavy (non-hydrogen) atoms. The molecular formula is C15H22N2O2. The summed E-state index contributed by atoms with van der Waals surface area (Å²) < 4.78 is 5.55. The minimum atomic E-state index is -0.0322. The number of carbonyl (C=O) groups excluding carboxylic acids is 1. The Morgan fingerprint density at radius 2 is 2.00 bits per heavy atom. The van der Waals surface area contributed by atoms with Crippen molar-refractivity contribution in [1.29, 1.82) is 0 Å². The largest absolute Gasteiger partial charge is 0.491 e. The zero-order chi connectivity index (χ0) is 13.8. The van der Waals surface area contributed by atoms with Crippen molar-refractivity contribution in [3.8, 4) is 5.75 Å². The van der Waals surface area contributed by atoms with Gasteiger partial charge in [0.05, 0.1) is 6.10 Å². The normalized spacial score (nSPS) is 22.5. The van der Waals surface area contributed by atoms with Crippen LogP contribution in [0.3, 0.4) is 0 Å². The number of benzene rings is 1. The molecule has 1 fully saturated rings. The van der Waals surface area contributed by atoms with Crippen LogP contribution in [-0.4, -0.2) is 24.1 Å². The molecule has 1 aromatic carbocycles. The molecule has 0 aromatic heterocycles. The van der Waals surface area contributed by atoms with Gasteiger partial charge in [-0.05, 0) is 57.4 Å². The van der Waals surface area contributed by atoms with Gasteiger partial charge in [0.25, 0.3) is 5.91 Å². The minimum absolute atomic E-state index is 0.0322. The van der Waals surface area contributed by atoms with E-state index in [2.05, 4.69) is 5.32 Å². The van der Waals surface area contributed by atoms with E-state index >= 15 is 0 Å². The van der Waals surface area contributed by atoms with Gasteiger partial charge in [-0.1, -0.05) is 0 Å². The zero-order valence-electron chi connectivity index (χ0n) is 11.6. The van der Waals surface area contributed by atoms with Crippen LogP contribution >= 0.6 is 0 Å². The number of rotatable bonds is 4. The van der Waals surface area contributed by atoms with E-state index < -0.39 is 0 Å². The number of carbonyl (C=O) groups is 1. The maximum atomic E-state index is 12.0. The molecule has 104 valence electrons. The van der Waals surface area contributed by atoms with Crippen molar-refractivity contribution in [2.24, 2.45) is 5.73 Å². The molecule has 1 aliphatic rings. The molecule has 1 aliphatic carbocycles. The summed E-state index contributed by atoms with van der Waals surface area (Å²) in [6.07, 6.45) is 2.98. The first-order valence-corrected chi connectivity index (χ1v) is 6.88. The predicted octanol–water partition coefficient (Wildman–Crippen LogP) is 2.08. The Kier molecular flexibility index (Phi) is 4.43. The summed E-state index contributed by atoms with van der Waals surface area (Å²) in [5.74, 6) is 0.754. The van der Waals surface area contributed by atoms with Crippen LogP contribution in [0, 0.1) is 0 Å². The van der Waals surface area contributed by atoms with Crippen LogP contribution in [0.5, 0.6) is 5.75 Å². The van der Waals surface area contributed by atoms with Crippen LogP contribution < -0.4 is 15.8 Å². The van der Waals surface area contributed by atoms with Crippen molar-refractivity contribution in [2.75, 3.05) is 0 Å². The standard InChI is InChI=1S/C15H22N2O2/c1-10(2)19-14-7-3-11(4-8-14)15(18)17-13-6-5-12(16)9-13/h3-4,7-8,10,12-13H,5-6,9,16H2,1-2H3,(H,17,18). The second-order valence-corrected chi connectivity index (χ2v) is 5.43. The van der Waals surface area contributed by atoms with Crippen LogP contribution in [-0.2, 0) is 0 Å². The first-order valence-electron chi connectivity index (χ1n) is 6.88. The highest BCUT2D eigenvalue weighted by molar-refractivity contribution is 5.94. The fraction of sp³-hybridized carbons (Fsp3) is 0.533. The van der Waals surface area contributed by atoms with Crippen LogP contribution in [0.2, 0.25) is 0 Å². The molecule has 0 bridgehead atoms. The van der Waals surface area contributed by atoms with Gasteiger partial charge in [0.2, 0.25) is 0 Å². The van der Waals surface area contributed by atoms with E-state index in [1.165, 1.54) is 0 Å². The van der Waals surface area contributed by atoms with E-state index in [-0.39, 0.29) is 24.1 Å².